The van der Waals surface area contributed by atoms with Crippen LogP contribution in [-0.4, -0.2) is 23.4 Å². The van der Waals surface area contributed by atoms with Crippen molar-refractivity contribution >= 4 is 23.4 Å². The van der Waals surface area contributed by atoms with Gasteiger partial charge in [0.25, 0.3) is 0 Å². The molecule has 0 amide bonds. The van der Waals surface area contributed by atoms with E-state index in [1.54, 1.807) is 8.05 Å². The molecule has 0 rings (SSSR count). The minimum atomic E-state index is 0.889. The topological polar surface area (TPSA) is 9.23 Å². The van der Waals surface area contributed by atoms with Crippen molar-refractivity contribution in [3.8, 4) is 0 Å². The monoisotopic (exact) mass is 68.1 g/mol. The average Bonchev–Trinajstić information content (AvgIpc) is 1.41. The molecule has 0 radical (unpaired) electrons. The Labute approximate surface area is 35.2 Å². The molecule has 26 valence electrons. The summed E-state index contributed by atoms with van der Waals surface area (Å²) >= 11 is 0. The molecule has 0 aliphatic carbocycles. The molecule has 0 fully saturated rings. The SMILES string of the molecule is BCBOB. The molecular weight excluding hydrogens is 60.4 g/mol. The average molecular weight is 67.5 g/mol. The fourth-order valence-corrected chi connectivity index (χ4v) is 0.204. The standard InChI is InChI=1S/CH7B3O/c2-1-4-5-3/h4H,1-3H2. The number of rotatable bonds is 2. The van der Waals surface area contributed by atoms with Crippen LogP contribution in [0, 0.1) is 0 Å². The van der Waals surface area contributed by atoms with E-state index in [1.807, 2.05) is 0 Å². The van der Waals surface area contributed by atoms with E-state index < -0.39 is 0 Å². The van der Waals surface area contributed by atoms with Gasteiger partial charge in [-0.3, -0.25) is 0 Å². The molecule has 0 bridgehead atoms. The first kappa shape index (κ1) is 5.15. The molecule has 0 heterocycles. The van der Waals surface area contributed by atoms with Gasteiger partial charge >= 0.3 is 0 Å². The van der Waals surface area contributed by atoms with Crippen LogP contribution in [0.25, 0.3) is 0 Å². The van der Waals surface area contributed by atoms with Crippen LogP contribution in [0.2, 0.25) is 6.22 Å². The van der Waals surface area contributed by atoms with Crippen molar-refractivity contribution in [3.05, 3.63) is 0 Å². The summed E-state index contributed by atoms with van der Waals surface area (Å²) in [6.07, 6.45) is 1.12. The Morgan fingerprint density at radius 3 is 2.40 bits per heavy atom. The largest absolute Gasteiger partial charge is 0.507 e. The predicted octanol–water partition coefficient (Wildman–Crippen LogP) is -2.09. The summed E-state index contributed by atoms with van der Waals surface area (Å²) in [6, 6.07) is 0. The van der Waals surface area contributed by atoms with Crippen LogP contribution in [0.4, 0.5) is 0 Å². The highest BCUT2D eigenvalue weighted by atomic mass is 16.4. The van der Waals surface area contributed by atoms with Crippen LogP contribution >= 0.6 is 0 Å². The van der Waals surface area contributed by atoms with E-state index in [4.69, 9.17) is 4.57 Å². The Kier molecular flexibility index (Phi) is 4.28. The molecule has 1 nitrogen and oxygen atoms in total. The predicted molar refractivity (Wildman–Crippen MR) is 30.1 cm³/mol. The highest BCUT2D eigenvalue weighted by Gasteiger charge is 1.73. The second kappa shape index (κ2) is 4.15. The quantitative estimate of drug-likeness (QED) is 0.337. The van der Waals surface area contributed by atoms with Gasteiger partial charge in [-0.2, -0.15) is 0 Å². The van der Waals surface area contributed by atoms with Crippen molar-refractivity contribution in [1.82, 2.24) is 0 Å². The number of hydrogen-bond acceptors (Lipinski definition) is 1. The Morgan fingerprint density at radius 2 is 2.40 bits per heavy atom. The second-order valence-corrected chi connectivity index (χ2v) is 0.993. The molecule has 0 N–H and O–H groups in total. The Morgan fingerprint density at radius 1 is 1.80 bits per heavy atom. The van der Waals surface area contributed by atoms with Gasteiger partial charge in [-0.05, 0) is 0 Å². The smallest absolute Gasteiger partial charge is 0.248 e. The summed E-state index contributed by atoms with van der Waals surface area (Å²) in [5.41, 5.74) is 0. The van der Waals surface area contributed by atoms with Gasteiger partial charge in [0.2, 0.25) is 15.5 Å². The van der Waals surface area contributed by atoms with Gasteiger partial charge in [-0.25, -0.2) is 0 Å². The lowest BCUT2D eigenvalue weighted by molar-refractivity contribution is 0.668. The fraction of sp³-hybridized carbons (Fsp3) is 1.00. The summed E-state index contributed by atoms with van der Waals surface area (Å²) in [7, 11) is 4.69. The first-order valence-corrected chi connectivity index (χ1v) is 1.90. The third-order valence-electron chi connectivity index (χ3n) is 0.408. The van der Waals surface area contributed by atoms with E-state index in [0.717, 1.165) is 13.7 Å². The van der Waals surface area contributed by atoms with Crippen LogP contribution in [0.3, 0.4) is 0 Å². The molecule has 0 spiro atoms. The summed E-state index contributed by atoms with van der Waals surface area (Å²) in [5, 5.41) is 0. The van der Waals surface area contributed by atoms with E-state index in [2.05, 4.69) is 7.85 Å². The zero-order valence-electron chi connectivity index (χ0n) is 3.82. The molecule has 0 aromatic carbocycles. The van der Waals surface area contributed by atoms with Gasteiger partial charge in [-0.1, -0.05) is 6.22 Å². The molecule has 0 aliphatic rings. The van der Waals surface area contributed by atoms with Gasteiger partial charge in [0, 0.05) is 0 Å². The molecule has 0 saturated heterocycles. The van der Waals surface area contributed by atoms with Gasteiger partial charge in [-0.15, -0.1) is 0 Å². The van der Waals surface area contributed by atoms with Gasteiger partial charge < -0.3 is 4.57 Å². The van der Waals surface area contributed by atoms with E-state index in [1.165, 1.54) is 0 Å². The molecule has 0 unspecified atom stereocenters. The highest BCUT2D eigenvalue weighted by Crippen LogP contribution is 1.61. The molecule has 0 saturated carbocycles. The second-order valence-electron chi connectivity index (χ2n) is 0.993. The Balaban J connectivity index is 2.19. The molecule has 0 aromatic heterocycles. The van der Waals surface area contributed by atoms with Crippen LogP contribution in [-0.2, 0) is 4.57 Å². The summed E-state index contributed by atoms with van der Waals surface area (Å²) in [6.45, 7) is 0. The lowest BCUT2D eigenvalue weighted by atomic mass is 9.80. The maximum atomic E-state index is 4.69. The van der Waals surface area contributed by atoms with Crippen LogP contribution in [0.1, 0.15) is 0 Å². The molecule has 0 aliphatic heterocycles. The maximum absolute atomic E-state index is 4.69. The third kappa shape index (κ3) is 4.15. The molecule has 0 aromatic rings. The highest BCUT2D eigenvalue weighted by molar-refractivity contribution is 6.45. The van der Waals surface area contributed by atoms with Crippen LogP contribution in [0.15, 0.2) is 0 Å². The summed E-state index contributed by atoms with van der Waals surface area (Å²) < 4.78 is 4.69. The van der Waals surface area contributed by atoms with Crippen molar-refractivity contribution < 1.29 is 4.57 Å². The molecule has 0 atom stereocenters. The Hall–Kier alpha value is 0.155. The van der Waals surface area contributed by atoms with E-state index in [9.17, 15) is 0 Å². The van der Waals surface area contributed by atoms with Gasteiger partial charge in [0.1, 0.15) is 0 Å². The minimum absolute atomic E-state index is 0.889. The van der Waals surface area contributed by atoms with Crippen LogP contribution in [0.5, 0.6) is 0 Å². The molecular formula is CH7B3O. The van der Waals surface area contributed by atoms with Crippen molar-refractivity contribution in [1.29, 1.82) is 0 Å². The summed E-state index contributed by atoms with van der Waals surface area (Å²) in [5.74, 6) is 0. The maximum Gasteiger partial charge on any atom is 0.248 e. The summed E-state index contributed by atoms with van der Waals surface area (Å²) in [4.78, 5) is 0. The van der Waals surface area contributed by atoms with E-state index in [-0.39, 0.29) is 0 Å². The lowest BCUT2D eigenvalue weighted by Gasteiger charge is -1.81. The van der Waals surface area contributed by atoms with Crippen molar-refractivity contribution in [2.45, 2.75) is 6.22 Å². The van der Waals surface area contributed by atoms with Gasteiger partial charge in [0.15, 0.2) is 0 Å². The van der Waals surface area contributed by atoms with E-state index >= 15 is 0 Å². The molecule has 5 heavy (non-hydrogen) atoms. The van der Waals surface area contributed by atoms with Crippen molar-refractivity contribution in [2.75, 3.05) is 0 Å². The lowest BCUT2D eigenvalue weighted by Crippen LogP contribution is -1.91. The molecule has 4 heteroatoms. The normalized spacial score (nSPS) is 7.20. The number of hydrogen-bond donors (Lipinski definition) is 0. The van der Waals surface area contributed by atoms with Crippen LogP contribution < -0.4 is 0 Å². The Bertz CT molecular complexity index is 14.4. The van der Waals surface area contributed by atoms with Crippen molar-refractivity contribution in [2.24, 2.45) is 0 Å². The third-order valence-corrected chi connectivity index (χ3v) is 0.408. The fourth-order valence-electron chi connectivity index (χ4n) is 0.204. The van der Waals surface area contributed by atoms with Crippen molar-refractivity contribution in [3.63, 3.8) is 0 Å². The zero-order chi connectivity index (χ0) is 4.12. The minimum Gasteiger partial charge on any atom is -0.507 e. The first-order chi connectivity index (χ1) is 2.41. The first-order valence-electron chi connectivity index (χ1n) is 1.90. The van der Waals surface area contributed by atoms with E-state index in [0.29, 0.717) is 0 Å². The zero-order valence-corrected chi connectivity index (χ0v) is 3.82. The van der Waals surface area contributed by atoms with Gasteiger partial charge in [0.05, 0.1) is 7.85 Å².